The van der Waals surface area contributed by atoms with Gasteiger partial charge in [0.1, 0.15) is 0 Å². The van der Waals surface area contributed by atoms with E-state index in [1.54, 1.807) is 0 Å². The zero-order valence-corrected chi connectivity index (χ0v) is 13.6. The van der Waals surface area contributed by atoms with Crippen molar-refractivity contribution in [3.8, 4) is 0 Å². The molecule has 1 atom stereocenters. The number of carbonyl (C=O) groups excluding carboxylic acids is 1. The molecule has 0 radical (unpaired) electrons. The third-order valence-electron chi connectivity index (χ3n) is 4.64. The average Bonchev–Trinajstić information content (AvgIpc) is 2.45. The molecule has 1 amide bonds. The van der Waals surface area contributed by atoms with Crippen molar-refractivity contribution >= 4 is 15.9 Å². The lowest BCUT2D eigenvalue weighted by molar-refractivity contribution is -0.141. The predicted molar refractivity (Wildman–Crippen MR) is 82.2 cm³/mol. The van der Waals surface area contributed by atoms with E-state index < -0.39 is 15.6 Å². The molecule has 1 saturated heterocycles. The maximum atomic E-state index is 12.8. The molecule has 1 aliphatic carbocycles. The lowest BCUT2D eigenvalue weighted by atomic mass is 9.80. The van der Waals surface area contributed by atoms with Gasteiger partial charge in [0, 0.05) is 19.1 Å². The van der Waals surface area contributed by atoms with Gasteiger partial charge in [-0.1, -0.05) is 19.3 Å². The van der Waals surface area contributed by atoms with Crippen molar-refractivity contribution < 1.29 is 13.2 Å². The molecule has 2 fully saturated rings. The van der Waals surface area contributed by atoms with Crippen LogP contribution in [0.2, 0.25) is 0 Å². The smallest absolute Gasteiger partial charge is 0.242 e. The first-order valence-electron chi connectivity index (χ1n) is 7.86. The highest BCUT2D eigenvalue weighted by atomic mass is 32.2. The van der Waals surface area contributed by atoms with Gasteiger partial charge in [0.25, 0.3) is 0 Å². The largest absolute Gasteiger partial charge is 0.337 e. The summed E-state index contributed by atoms with van der Waals surface area (Å²) < 4.78 is 25.1. The minimum Gasteiger partial charge on any atom is -0.337 e. The normalized spacial score (nSPS) is 26.6. The molecule has 0 spiro atoms. The molecule has 6 nitrogen and oxygen atoms in total. The van der Waals surface area contributed by atoms with E-state index in [0.717, 1.165) is 57.6 Å². The topological polar surface area (TPSA) is 92.5 Å². The first-order valence-corrected chi connectivity index (χ1v) is 9.76. The van der Waals surface area contributed by atoms with Crippen molar-refractivity contribution in [2.75, 3.05) is 19.3 Å². The number of nitrogens with two attached hydrogens (primary N) is 1. The number of carbonyl (C=O) groups is 1. The predicted octanol–water partition coefficient (Wildman–Crippen LogP) is 0.578. The summed E-state index contributed by atoms with van der Waals surface area (Å²) in [6.07, 6.45) is 8.62. The second-order valence-corrected chi connectivity index (χ2v) is 8.32. The van der Waals surface area contributed by atoms with Gasteiger partial charge in [0.15, 0.2) is 0 Å². The standard InChI is InChI=1S/C14H27N3O3S/c1-21(19,20)16-11-12-7-3-6-10-17(12)13(18)14(15)8-4-2-5-9-14/h12,16H,2-11,15H2,1H3. The highest BCUT2D eigenvalue weighted by Gasteiger charge is 2.41. The molecule has 21 heavy (non-hydrogen) atoms. The van der Waals surface area contributed by atoms with Gasteiger partial charge in [0.2, 0.25) is 15.9 Å². The Balaban J connectivity index is 2.05. The SMILES string of the molecule is CS(=O)(=O)NCC1CCCCN1C(=O)C1(N)CCCCC1. The van der Waals surface area contributed by atoms with Gasteiger partial charge in [-0.3, -0.25) is 4.79 Å². The maximum Gasteiger partial charge on any atom is 0.242 e. The molecular weight excluding hydrogens is 290 g/mol. The second-order valence-electron chi connectivity index (χ2n) is 6.49. The third-order valence-corrected chi connectivity index (χ3v) is 5.33. The highest BCUT2D eigenvalue weighted by molar-refractivity contribution is 7.88. The first kappa shape index (κ1) is 16.7. The van der Waals surface area contributed by atoms with E-state index in [-0.39, 0.29) is 11.9 Å². The number of rotatable bonds is 4. The zero-order valence-electron chi connectivity index (χ0n) is 12.8. The molecule has 1 aliphatic heterocycles. The molecule has 0 aromatic rings. The Bertz CT molecular complexity index is 472. The van der Waals surface area contributed by atoms with Gasteiger partial charge in [-0.05, 0) is 32.1 Å². The quantitative estimate of drug-likeness (QED) is 0.793. The van der Waals surface area contributed by atoms with Crippen LogP contribution in [0.4, 0.5) is 0 Å². The summed E-state index contributed by atoms with van der Waals surface area (Å²) in [7, 11) is -3.23. The molecule has 0 bridgehead atoms. The van der Waals surface area contributed by atoms with Crippen molar-refractivity contribution in [1.82, 2.24) is 9.62 Å². The number of nitrogens with zero attached hydrogens (tertiary/aromatic N) is 1. The van der Waals surface area contributed by atoms with Crippen LogP contribution < -0.4 is 10.5 Å². The molecule has 0 aromatic heterocycles. The molecule has 1 unspecified atom stereocenters. The number of piperidine rings is 1. The van der Waals surface area contributed by atoms with E-state index in [1.807, 2.05) is 4.90 Å². The van der Waals surface area contributed by atoms with Gasteiger partial charge in [-0.15, -0.1) is 0 Å². The van der Waals surface area contributed by atoms with E-state index in [2.05, 4.69) is 4.72 Å². The van der Waals surface area contributed by atoms with Crippen LogP contribution in [-0.2, 0) is 14.8 Å². The molecule has 2 aliphatic rings. The van der Waals surface area contributed by atoms with Crippen molar-refractivity contribution in [1.29, 1.82) is 0 Å². The van der Waals surface area contributed by atoms with E-state index in [1.165, 1.54) is 0 Å². The van der Waals surface area contributed by atoms with Gasteiger partial charge < -0.3 is 10.6 Å². The van der Waals surface area contributed by atoms with Gasteiger partial charge in [0.05, 0.1) is 11.8 Å². The van der Waals surface area contributed by atoms with E-state index in [4.69, 9.17) is 5.73 Å². The number of nitrogens with one attached hydrogen (secondary N) is 1. The van der Waals surface area contributed by atoms with Crippen LogP contribution in [0.25, 0.3) is 0 Å². The Morgan fingerprint density at radius 2 is 1.90 bits per heavy atom. The zero-order chi connectivity index (χ0) is 15.5. The molecule has 1 heterocycles. The molecule has 7 heteroatoms. The summed E-state index contributed by atoms with van der Waals surface area (Å²) in [6.45, 7) is 0.981. The third kappa shape index (κ3) is 4.40. The molecule has 2 rings (SSSR count). The lowest BCUT2D eigenvalue weighted by Crippen LogP contribution is -2.61. The Morgan fingerprint density at radius 1 is 1.24 bits per heavy atom. The van der Waals surface area contributed by atoms with Gasteiger partial charge >= 0.3 is 0 Å². The summed E-state index contributed by atoms with van der Waals surface area (Å²) in [5, 5.41) is 0. The lowest BCUT2D eigenvalue weighted by Gasteiger charge is -2.42. The van der Waals surface area contributed by atoms with Crippen LogP contribution in [0, 0.1) is 0 Å². The molecule has 0 aromatic carbocycles. The summed E-state index contributed by atoms with van der Waals surface area (Å²) >= 11 is 0. The fourth-order valence-corrected chi connectivity index (χ4v) is 3.91. The number of sulfonamides is 1. The van der Waals surface area contributed by atoms with Crippen molar-refractivity contribution in [2.24, 2.45) is 5.73 Å². The van der Waals surface area contributed by atoms with E-state index >= 15 is 0 Å². The van der Waals surface area contributed by atoms with Crippen LogP contribution in [0.1, 0.15) is 51.4 Å². The van der Waals surface area contributed by atoms with Gasteiger partial charge in [-0.2, -0.15) is 0 Å². The highest BCUT2D eigenvalue weighted by Crippen LogP contribution is 2.30. The van der Waals surface area contributed by atoms with Crippen LogP contribution in [0.3, 0.4) is 0 Å². The second kappa shape index (κ2) is 6.62. The number of hydrogen-bond donors (Lipinski definition) is 2. The summed E-state index contributed by atoms with van der Waals surface area (Å²) in [5.74, 6) is 0.0159. The van der Waals surface area contributed by atoms with Crippen LogP contribution in [0.5, 0.6) is 0 Å². The summed E-state index contributed by atoms with van der Waals surface area (Å²) in [5.41, 5.74) is 5.61. The molecule has 122 valence electrons. The summed E-state index contributed by atoms with van der Waals surface area (Å²) in [4.78, 5) is 14.7. The maximum absolute atomic E-state index is 12.8. The van der Waals surface area contributed by atoms with E-state index in [9.17, 15) is 13.2 Å². The molecular formula is C14H27N3O3S. The molecule has 1 saturated carbocycles. The Hall–Kier alpha value is -0.660. The monoisotopic (exact) mass is 317 g/mol. The average molecular weight is 317 g/mol. The number of likely N-dealkylation sites (tertiary alicyclic amines) is 1. The van der Waals surface area contributed by atoms with Crippen LogP contribution >= 0.6 is 0 Å². The van der Waals surface area contributed by atoms with Gasteiger partial charge in [-0.25, -0.2) is 13.1 Å². The number of amides is 1. The van der Waals surface area contributed by atoms with Crippen LogP contribution in [-0.4, -0.2) is 50.2 Å². The van der Waals surface area contributed by atoms with E-state index in [0.29, 0.717) is 13.1 Å². The first-order chi connectivity index (χ1) is 9.82. The van der Waals surface area contributed by atoms with Crippen LogP contribution in [0.15, 0.2) is 0 Å². The Labute approximate surface area is 127 Å². The molecule has 3 N–H and O–H groups in total. The minimum absolute atomic E-state index is 0.0159. The summed E-state index contributed by atoms with van der Waals surface area (Å²) in [6, 6.07) is -0.0664. The fraction of sp³-hybridized carbons (Fsp3) is 0.929. The Morgan fingerprint density at radius 3 is 2.52 bits per heavy atom. The minimum atomic E-state index is -3.23. The number of hydrogen-bond acceptors (Lipinski definition) is 4. The van der Waals surface area contributed by atoms with Crippen molar-refractivity contribution in [3.63, 3.8) is 0 Å². The van der Waals surface area contributed by atoms with Crippen molar-refractivity contribution in [3.05, 3.63) is 0 Å². The van der Waals surface area contributed by atoms with Crippen molar-refractivity contribution in [2.45, 2.75) is 62.9 Å². The Kier molecular flexibility index (Phi) is 5.27. The fourth-order valence-electron chi connectivity index (χ4n) is 3.41.